The maximum atomic E-state index is 8.86. The van der Waals surface area contributed by atoms with E-state index in [0.717, 1.165) is 5.01 Å². The minimum Gasteiger partial charge on any atom is -0.360 e. The number of nitrogens with one attached hydrogen (secondary N) is 1. The molecule has 0 aliphatic rings. The summed E-state index contributed by atoms with van der Waals surface area (Å²) in [6.07, 6.45) is 3.31. The summed E-state index contributed by atoms with van der Waals surface area (Å²) in [6, 6.07) is 3.61. The number of pyridine rings is 1. The summed E-state index contributed by atoms with van der Waals surface area (Å²) in [5.74, 6) is 0.508. The molecule has 0 aliphatic heterocycles. The van der Waals surface area contributed by atoms with E-state index in [9.17, 15) is 0 Å². The van der Waals surface area contributed by atoms with Crippen molar-refractivity contribution in [3.8, 4) is 6.07 Å². The fourth-order valence-corrected chi connectivity index (χ4v) is 2.20. The Morgan fingerprint density at radius 2 is 2.29 bits per heavy atom. The van der Waals surface area contributed by atoms with Crippen molar-refractivity contribution < 1.29 is 0 Å². The highest BCUT2D eigenvalue weighted by atomic mass is 35.5. The molecule has 0 amide bonds. The zero-order valence-corrected chi connectivity index (χ0v) is 10.6. The van der Waals surface area contributed by atoms with Crippen LogP contribution in [0.3, 0.4) is 0 Å². The van der Waals surface area contributed by atoms with Gasteiger partial charge >= 0.3 is 0 Å². The maximum absolute atomic E-state index is 8.86. The van der Waals surface area contributed by atoms with Gasteiger partial charge in [0, 0.05) is 17.8 Å². The van der Waals surface area contributed by atoms with E-state index >= 15 is 0 Å². The van der Waals surface area contributed by atoms with Gasteiger partial charge in [0.05, 0.1) is 11.6 Å². The van der Waals surface area contributed by atoms with Gasteiger partial charge in [0.2, 0.25) is 0 Å². The molecular formula is C11H9ClN4S. The minimum absolute atomic E-state index is 0.00828. The van der Waals surface area contributed by atoms with Crippen molar-refractivity contribution in [2.24, 2.45) is 0 Å². The standard InChI is InChI=1S/C11H9ClN4S/c1-7(11-15-4-5-17-11)16-10-9(12)8(6-13)2-3-14-10/h2-5,7H,1H3,(H,14,16). The third kappa shape index (κ3) is 2.54. The Labute approximate surface area is 108 Å². The number of rotatable bonds is 3. The summed E-state index contributed by atoms with van der Waals surface area (Å²) < 4.78 is 0. The van der Waals surface area contributed by atoms with E-state index in [1.54, 1.807) is 29.8 Å². The predicted molar refractivity (Wildman–Crippen MR) is 68.1 cm³/mol. The molecule has 86 valence electrons. The monoisotopic (exact) mass is 264 g/mol. The van der Waals surface area contributed by atoms with Gasteiger partial charge in [-0.1, -0.05) is 11.6 Å². The highest BCUT2D eigenvalue weighted by Gasteiger charge is 2.12. The molecule has 0 radical (unpaired) electrons. The van der Waals surface area contributed by atoms with Crippen LogP contribution in [0.1, 0.15) is 23.5 Å². The van der Waals surface area contributed by atoms with Crippen LogP contribution in [-0.4, -0.2) is 9.97 Å². The Morgan fingerprint density at radius 1 is 1.47 bits per heavy atom. The number of hydrogen-bond donors (Lipinski definition) is 1. The van der Waals surface area contributed by atoms with E-state index < -0.39 is 0 Å². The minimum atomic E-state index is 0.00828. The lowest BCUT2D eigenvalue weighted by Crippen LogP contribution is -2.08. The van der Waals surface area contributed by atoms with Gasteiger partial charge in [-0.05, 0) is 13.0 Å². The number of hydrogen-bond acceptors (Lipinski definition) is 5. The molecule has 0 bridgehead atoms. The molecule has 0 saturated heterocycles. The molecule has 1 atom stereocenters. The summed E-state index contributed by atoms with van der Waals surface area (Å²) in [7, 11) is 0. The second-order valence-electron chi connectivity index (χ2n) is 3.37. The molecule has 2 heterocycles. The van der Waals surface area contributed by atoms with Crippen LogP contribution in [0.2, 0.25) is 5.02 Å². The van der Waals surface area contributed by atoms with Crippen LogP contribution < -0.4 is 5.32 Å². The lowest BCUT2D eigenvalue weighted by Gasteiger charge is -2.13. The Morgan fingerprint density at radius 3 is 2.94 bits per heavy atom. The Hall–Kier alpha value is -1.64. The van der Waals surface area contributed by atoms with Crippen LogP contribution in [0.5, 0.6) is 0 Å². The van der Waals surface area contributed by atoms with E-state index in [2.05, 4.69) is 15.3 Å². The normalized spacial score (nSPS) is 11.8. The maximum Gasteiger partial charge on any atom is 0.146 e. The molecule has 1 N–H and O–H groups in total. The van der Waals surface area contributed by atoms with Gasteiger partial charge < -0.3 is 5.32 Å². The van der Waals surface area contributed by atoms with E-state index in [1.165, 1.54) is 0 Å². The van der Waals surface area contributed by atoms with Crippen molar-refractivity contribution in [1.82, 2.24) is 9.97 Å². The van der Waals surface area contributed by atoms with Gasteiger partial charge in [-0.15, -0.1) is 11.3 Å². The van der Waals surface area contributed by atoms with Gasteiger partial charge in [-0.25, -0.2) is 9.97 Å². The number of nitriles is 1. The first-order valence-corrected chi connectivity index (χ1v) is 6.18. The van der Waals surface area contributed by atoms with E-state index in [4.69, 9.17) is 16.9 Å². The first-order valence-electron chi connectivity index (χ1n) is 4.93. The largest absolute Gasteiger partial charge is 0.360 e. The van der Waals surface area contributed by atoms with Crippen LogP contribution in [0, 0.1) is 11.3 Å². The first-order chi connectivity index (χ1) is 8.22. The van der Waals surface area contributed by atoms with Crippen molar-refractivity contribution in [3.63, 3.8) is 0 Å². The molecule has 2 rings (SSSR count). The SMILES string of the molecule is CC(Nc1nccc(C#N)c1Cl)c1nccs1. The number of halogens is 1. The molecule has 0 aliphatic carbocycles. The van der Waals surface area contributed by atoms with Crippen molar-refractivity contribution in [2.75, 3.05) is 5.32 Å². The lowest BCUT2D eigenvalue weighted by molar-refractivity contribution is 0.860. The van der Waals surface area contributed by atoms with E-state index in [-0.39, 0.29) is 6.04 Å². The highest BCUT2D eigenvalue weighted by Crippen LogP contribution is 2.27. The highest BCUT2D eigenvalue weighted by molar-refractivity contribution is 7.09. The number of thiazole rings is 1. The second-order valence-corrected chi connectivity index (χ2v) is 4.67. The summed E-state index contributed by atoms with van der Waals surface area (Å²) >= 11 is 7.61. The third-order valence-corrected chi connectivity index (χ3v) is 3.53. The lowest BCUT2D eigenvalue weighted by atomic mass is 10.2. The smallest absolute Gasteiger partial charge is 0.146 e. The molecule has 2 aromatic heterocycles. The predicted octanol–water partition coefficient (Wildman–Crippen LogP) is 3.24. The fraction of sp³-hybridized carbons (Fsp3) is 0.182. The average molecular weight is 265 g/mol. The summed E-state index contributed by atoms with van der Waals surface area (Å²) in [6.45, 7) is 1.97. The molecule has 0 spiro atoms. The van der Waals surface area contributed by atoms with E-state index in [1.807, 2.05) is 18.4 Å². The van der Waals surface area contributed by atoms with Crippen LogP contribution in [0.15, 0.2) is 23.8 Å². The van der Waals surface area contributed by atoms with Crippen molar-refractivity contribution >= 4 is 28.8 Å². The van der Waals surface area contributed by atoms with Gasteiger partial charge in [-0.3, -0.25) is 0 Å². The number of nitrogens with zero attached hydrogens (tertiary/aromatic N) is 3. The average Bonchev–Trinajstić information content (AvgIpc) is 2.85. The topological polar surface area (TPSA) is 61.6 Å². The van der Waals surface area contributed by atoms with E-state index in [0.29, 0.717) is 16.4 Å². The van der Waals surface area contributed by atoms with Gasteiger partial charge in [-0.2, -0.15) is 5.26 Å². The first kappa shape index (κ1) is 11.8. The van der Waals surface area contributed by atoms with Gasteiger partial charge in [0.25, 0.3) is 0 Å². The third-order valence-electron chi connectivity index (χ3n) is 2.18. The van der Waals surface area contributed by atoms with Crippen LogP contribution in [0.25, 0.3) is 0 Å². The zero-order chi connectivity index (χ0) is 12.3. The van der Waals surface area contributed by atoms with Crippen LogP contribution in [-0.2, 0) is 0 Å². The molecule has 0 aromatic carbocycles. The van der Waals surface area contributed by atoms with Crippen LogP contribution >= 0.6 is 22.9 Å². The number of aromatic nitrogens is 2. The van der Waals surface area contributed by atoms with Crippen LogP contribution in [0.4, 0.5) is 5.82 Å². The Bertz CT molecular complexity index is 547. The van der Waals surface area contributed by atoms with Crippen molar-refractivity contribution in [2.45, 2.75) is 13.0 Å². The Kier molecular flexibility index (Phi) is 3.57. The Balaban J connectivity index is 2.23. The van der Waals surface area contributed by atoms with Gasteiger partial charge in [0.15, 0.2) is 0 Å². The molecule has 6 heteroatoms. The summed E-state index contributed by atoms with van der Waals surface area (Å²) in [5, 5.41) is 15.2. The quantitative estimate of drug-likeness (QED) is 0.924. The molecule has 0 saturated carbocycles. The molecule has 2 aromatic rings. The van der Waals surface area contributed by atoms with Crippen molar-refractivity contribution in [1.29, 1.82) is 5.26 Å². The molecular weight excluding hydrogens is 256 g/mol. The zero-order valence-electron chi connectivity index (χ0n) is 9.01. The second kappa shape index (κ2) is 5.13. The molecule has 0 fully saturated rings. The fourth-order valence-electron chi connectivity index (χ4n) is 1.35. The molecule has 4 nitrogen and oxygen atoms in total. The van der Waals surface area contributed by atoms with Crippen molar-refractivity contribution in [3.05, 3.63) is 39.4 Å². The van der Waals surface area contributed by atoms with Gasteiger partial charge in [0.1, 0.15) is 21.9 Å². The molecule has 17 heavy (non-hydrogen) atoms. The summed E-state index contributed by atoms with van der Waals surface area (Å²) in [5.41, 5.74) is 0.413. The number of anilines is 1. The molecule has 1 unspecified atom stereocenters. The summed E-state index contributed by atoms with van der Waals surface area (Å²) in [4.78, 5) is 8.32.